The molecule has 1 N–H and O–H groups in total. The molecule has 132 valence electrons. The number of furan rings is 1. The molecule has 0 unspecified atom stereocenters. The summed E-state index contributed by atoms with van der Waals surface area (Å²) >= 11 is 0. The molecule has 24 heavy (non-hydrogen) atoms. The second-order valence-electron chi connectivity index (χ2n) is 7.52. The normalized spacial score (nSPS) is 32.8. The lowest BCUT2D eigenvalue weighted by molar-refractivity contribution is -0.160. The first kappa shape index (κ1) is 16.1. The number of hydrogen-bond donors (Lipinski definition) is 1. The summed E-state index contributed by atoms with van der Waals surface area (Å²) in [6.45, 7) is 5.60. The zero-order chi connectivity index (χ0) is 16.6. The molecule has 0 saturated carbocycles. The van der Waals surface area contributed by atoms with Gasteiger partial charge in [-0.25, -0.2) is 0 Å². The second-order valence-corrected chi connectivity index (χ2v) is 7.52. The minimum atomic E-state index is -0.677. The number of likely N-dealkylation sites (tertiary alicyclic amines) is 2. The molecule has 0 aromatic carbocycles. The van der Waals surface area contributed by atoms with Gasteiger partial charge in [0.2, 0.25) is 0 Å². The highest BCUT2D eigenvalue weighted by molar-refractivity contribution is 5.76. The number of nitrogens with zero attached hydrogens (tertiary/aromatic N) is 2. The minimum absolute atomic E-state index is 0.241. The van der Waals surface area contributed by atoms with Crippen molar-refractivity contribution >= 4 is 5.97 Å². The number of carboxylic acids is 1. The van der Waals surface area contributed by atoms with Crippen molar-refractivity contribution in [2.24, 2.45) is 11.3 Å². The van der Waals surface area contributed by atoms with Crippen LogP contribution in [0.2, 0.25) is 0 Å². The fraction of sp³-hybridized carbons (Fsp3) is 0.722. The van der Waals surface area contributed by atoms with Crippen LogP contribution >= 0.6 is 0 Å². The average Bonchev–Trinajstić information content (AvgIpc) is 3.23. The predicted octanol–water partition coefficient (Wildman–Crippen LogP) is 1.67. The first-order valence-corrected chi connectivity index (χ1v) is 8.97. The molecule has 3 aliphatic heterocycles. The zero-order valence-electron chi connectivity index (χ0n) is 14.0. The van der Waals surface area contributed by atoms with Gasteiger partial charge >= 0.3 is 5.97 Å². The van der Waals surface area contributed by atoms with Crippen LogP contribution in [0.4, 0.5) is 0 Å². The summed E-state index contributed by atoms with van der Waals surface area (Å²) in [4.78, 5) is 16.7. The van der Waals surface area contributed by atoms with Gasteiger partial charge in [-0.3, -0.25) is 14.6 Å². The van der Waals surface area contributed by atoms with Crippen LogP contribution in [0.25, 0.3) is 0 Å². The highest BCUT2D eigenvalue weighted by Crippen LogP contribution is 2.43. The van der Waals surface area contributed by atoms with E-state index in [9.17, 15) is 9.90 Å². The average molecular weight is 334 g/mol. The number of aliphatic carboxylic acids is 1. The Hall–Kier alpha value is -1.37. The van der Waals surface area contributed by atoms with Gasteiger partial charge in [0.05, 0.1) is 19.4 Å². The first-order chi connectivity index (χ1) is 11.7. The molecule has 3 saturated heterocycles. The van der Waals surface area contributed by atoms with Crippen LogP contribution < -0.4 is 0 Å². The van der Waals surface area contributed by atoms with E-state index < -0.39 is 11.4 Å². The van der Waals surface area contributed by atoms with Crippen LogP contribution in [0.5, 0.6) is 0 Å². The number of rotatable bonds is 4. The zero-order valence-corrected chi connectivity index (χ0v) is 14.0. The van der Waals surface area contributed by atoms with Crippen LogP contribution in [-0.4, -0.2) is 66.3 Å². The lowest BCUT2D eigenvalue weighted by Gasteiger charge is -2.37. The molecule has 1 aromatic rings. The molecule has 0 amide bonds. The molecule has 0 spiro atoms. The van der Waals surface area contributed by atoms with Crippen LogP contribution in [0, 0.1) is 11.3 Å². The Bertz CT molecular complexity index is 568. The van der Waals surface area contributed by atoms with Gasteiger partial charge in [-0.1, -0.05) is 0 Å². The highest BCUT2D eigenvalue weighted by atomic mass is 16.5. The van der Waals surface area contributed by atoms with Gasteiger partial charge in [-0.15, -0.1) is 0 Å². The minimum Gasteiger partial charge on any atom is -0.481 e. The van der Waals surface area contributed by atoms with Crippen molar-refractivity contribution in [3.8, 4) is 0 Å². The smallest absolute Gasteiger partial charge is 0.313 e. The van der Waals surface area contributed by atoms with Crippen molar-refractivity contribution in [1.82, 2.24) is 9.80 Å². The molecule has 1 aromatic heterocycles. The number of hydrogen-bond acceptors (Lipinski definition) is 5. The first-order valence-electron chi connectivity index (χ1n) is 8.97. The van der Waals surface area contributed by atoms with Gasteiger partial charge < -0.3 is 14.3 Å². The molecule has 4 rings (SSSR count). The standard InChI is InChI=1S/C18H26N2O4/c21-17(22)18-12-20(10-14(18)5-9-23-13-18)15-3-6-19(7-4-15)11-16-2-1-8-24-16/h1-2,8,14-15H,3-7,9-13H2,(H,21,22)/t14-,18+/m0/s1. The van der Waals surface area contributed by atoms with Crippen LogP contribution in [0.1, 0.15) is 25.0 Å². The lowest BCUT2D eigenvalue weighted by Crippen LogP contribution is -2.48. The largest absolute Gasteiger partial charge is 0.481 e. The molecule has 0 radical (unpaired) electrons. The lowest BCUT2D eigenvalue weighted by atomic mass is 9.76. The van der Waals surface area contributed by atoms with E-state index in [2.05, 4.69) is 9.80 Å². The molecule has 6 heteroatoms. The van der Waals surface area contributed by atoms with Gasteiger partial charge in [-0.05, 0) is 37.3 Å². The molecule has 4 heterocycles. The summed E-state index contributed by atoms with van der Waals surface area (Å²) in [7, 11) is 0. The van der Waals surface area contributed by atoms with E-state index >= 15 is 0 Å². The molecule has 6 nitrogen and oxygen atoms in total. The summed E-state index contributed by atoms with van der Waals surface area (Å²) in [6, 6.07) is 4.45. The predicted molar refractivity (Wildman–Crippen MR) is 87.6 cm³/mol. The van der Waals surface area contributed by atoms with Gasteiger partial charge in [-0.2, -0.15) is 0 Å². The maximum Gasteiger partial charge on any atom is 0.313 e. The maximum atomic E-state index is 11.9. The third-order valence-electron chi connectivity index (χ3n) is 6.15. The quantitative estimate of drug-likeness (QED) is 0.903. The van der Waals surface area contributed by atoms with Gasteiger partial charge in [0.15, 0.2) is 0 Å². The summed E-state index contributed by atoms with van der Waals surface area (Å²) in [5.41, 5.74) is -0.677. The van der Waals surface area contributed by atoms with Crippen molar-refractivity contribution in [1.29, 1.82) is 0 Å². The number of piperidine rings is 1. The van der Waals surface area contributed by atoms with Gasteiger partial charge in [0, 0.05) is 38.8 Å². The van der Waals surface area contributed by atoms with Crippen LogP contribution in [0.3, 0.4) is 0 Å². The molecule has 3 aliphatic rings. The summed E-state index contributed by atoms with van der Waals surface area (Å²) < 4.78 is 11.0. The summed E-state index contributed by atoms with van der Waals surface area (Å²) in [5, 5.41) is 9.78. The van der Waals surface area contributed by atoms with E-state index in [0.717, 1.165) is 51.2 Å². The van der Waals surface area contributed by atoms with Crippen molar-refractivity contribution in [2.45, 2.75) is 31.8 Å². The summed E-state index contributed by atoms with van der Waals surface area (Å²) in [5.74, 6) is 0.581. The van der Waals surface area contributed by atoms with E-state index in [1.165, 1.54) is 0 Å². The van der Waals surface area contributed by atoms with Gasteiger partial charge in [0.1, 0.15) is 11.2 Å². The van der Waals surface area contributed by atoms with Crippen molar-refractivity contribution in [3.05, 3.63) is 24.2 Å². The molecule has 0 bridgehead atoms. The van der Waals surface area contributed by atoms with Crippen molar-refractivity contribution < 1.29 is 19.1 Å². The third kappa shape index (κ3) is 2.87. The molecule has 2 atom stereocenters. The SMILES string of the molecule is O=C(O)[C@]12COCC[C@H]1CN(C1CCN(Cc3ccco3)CC1)C2. The monoisotopic (exact) mass is 334 g/mol. The van der Waals surface area contributed by atoms with Crippen molar-refractivity contribution in [2.75, 3.05) is 39.4 Å². The van der Waals surface area contributed by atoms with Crippen LogP contribution in [0.15, 0.2) is 22.8 Å². The molecular formula is C18H26N2O4. The summed E-state index contributed by atoms with van der Waals surface area (Å²) in [6.07, 6.45) is 4.80. The topological polar surface area (TPSA) is 66.2 Å². The number of fused-ring (bicyclic) bond motifs is 1. The van der Waals surface area contributed by atoms with Crippen molar-refractivity contribution in [3.63, 3.8) is 0 Å². The third-order valence-corrected chi connectivity index (χ3v) is 6.15. The Balaban J connectivity index is 1.35. The Morgan fingerprint density at radius 1 is 1.33 bits per heavy atom. The van der Waals surface area contributed by atoms with E-state index in [1.807, 2.05) is 12.1 Å². The van der Waals surface area contributed by atoms with Gasteiger partial charge in [0.25, 0.3) is 0 Å². The van der Waals surface area contributed by atoms with E-state index in [0.29, 0.717) is 25.8 Å². The Morgan fingerprint density at radius 3 is 2.83 bits per heavy atom. The number of carbonyl (C=O) groups is 1. The van der Waals surface area contributed by atoms with E-state index in [4.69, 9.17) is 9.15 Å². The molecular weight excluding hydrogens is 308 g/mol. The highest BCUT2D eigenvalue weighted by Gasteiger charge is 2.55. The van der Waals surface area contributed by atoms with Crippen LogP contribution in [-0.2, 0) is 16.1 Å². The molecule has 0 aliphatic carbocycles. The molecule has 3 fully saturated rings. The fourth-order valence-corrected chi connectivity index (χ4v) is 4.67. The van der Waals surface area contributed by atoms with E-state index in [1.54, 1.807) is 6.26 Å². The Morgan fingerprint density at radius 2 is 2.17 bits per heavy atom. The Kier molecular flexibility index (Phi) is 4.37. The fourth-order valence-electron chi connectivity index (χ4n) is 4.67. The van der Waals surface area contributed by atoms with E-state index in [-0.39, 0.29) is 5.92 Å². The number of carboxylic acid groups (broad SMARTS) is 1. The second kappa shape index (κ2) is 6.50. The Labute approximate surface area is 142 Å². The maximum absolute atomic E-state index is 11.9. The number of ether oxygens (including phenoxy) is 1.